The number of pyridine rings is 1. The Labute approximate surface area is 196 Å². The lowest BCUT2D eigenvalue weighted by molar-refractivity contribution is 0.0949. The minimum absolute atomic E-state index is 0.0175. The van der Waals surface area contributed by atoms with Crippen molar-refractivity contribution in [3.63, 3.8) is 0 Å². The topological polar surface area (TPSA) is 59.3 Å². The minimum atomic E-state index is -0.0903. The van der Waals surface area contributed by atoms with Crippen molar-refractivity contribution >= 4 is 27.7 Å². The maximum absolute atomic E-state index is 13.6. The number of likely N-dealkylation sites (N-methyl/N-ethyl adjacent to an activating group) is 1. The number of para-hydroxylation sites is 1. The molecule has 4 rings (SSSR count). The molecule has 6 heteroatoms. The van der Waals surface area contributed by atoms with Gasteiger partial charge in [0.05, 0.1) is 5.56 Å². The average Bonchev–Trinajstić information content (AvgIpc) is 3.15. The Kier molecular flexibility index (Phi) is 7.53. The van der Waals surface area contributed by atoms with Crippen molar-refractivity contribution in [2.45, 2.75) is 64.8 Å². The highest BCUT2D eigenvalue weighted by Crippen LogP contribution is 2.32. The molecule has 0 radical (unpaired) electrons. The summed E-state index contributed by atoms with van der Waals surface area (Å²) in [6.07, 6.45) is 9.68. The van der Waals surface area contributed by atoms with Gasteiger partial charge in [0.1, 0.15) is 5.52 Å². The lowest BCUT2D eigenvalue weighted by Gasteiger charge is -2.25. The van der Waals surface area contributed by atoms with E-state index < -0.39 is 0 Å². The largest absolute Gasteiger partial charge is 0.351 e. The Bertz CT molecular complexity index is 1170. The summed E-state index contributed by atoms with van der Waals surface area (Å²) in [7, 11) is 1.94. The maximum atomic E-state index is 13.6. The highest BCUT2D eigenvalue weighted by molar-refractivity contribution is 6.17. The molecule has 1 amide bonds. The van der Waals surface area contributed by atoms with E-state index in [1.165, 1.54) is 19.3 Å². The molecule has 6 nitrogen and oxygen atoms in total. The number of unbranched alkanes of at least 4 members (excludes halogenated alkanes) is 1. The molecule has 0 unspecified atom stereocenters. The van der Waals surface area contributed by atoms with Crippen LogP contribution in [-0.4, -0.2) is 46.1 Å². The lowest BCUT2D eigenvalue weighted by Crippen LogP contribution is -2.36. The van der Waals surface area contributed by atoms with E-state index in [0.29, 0.717) is 17.6 Å². The molecule has 0 saturated heterocycles. The van der Waals surface area contributed by atoms with Crippen molar-refractivity contribution in [3.8, 4) is 0 Å². The molecule has 2 heterocycles. The number of carbonyl (C=O) groups excluding carboxylic acids is 1. The molecule has 3 aromatic rings. The van der Waals surface area contributed by atoms with E-state index in [1.54, 1.807) is 0 Å². The maximum Gasteiger partial charge on any atom is 0.275 e. The molecule has 1 N–H and O–H groups in total. The number of hydrogen-bond acceptors (Lipinski definition) is 3. The van der Waals surface area contributed by atoms with E-state index >= 15 is 0 Å². The fourth-order valence-corrected chi connectivity index (χ4v) is 5.34. The van der Waals surface area contributed by atoms with Crippen LogP contribution in [0.3, 0.4) is 0 Å². The summed E-state index contributed by atoms with van der Waals surface area (Å²) in [6.45, 7) is 7.84. The van der Waals surface area contributed by atoms with Gasteiger partial charge in [-0.25, -0.2) is 0 Å². The van der Waals surface area contributed by atoms with Gasteiger partial charge in [-0.05, 0) is 38.4 Å². The van der Waals surface area contributed by atoms with Crippen LogP contribution in [0.1, 0.15) is 75.2 Å². The van der Waals surface area contributed by atoms with Gasteiger partial charge in [0.15, 0.2) is 0 Å². The van der Waals surface area contributed by atoms with Crippen molar-refractivity contribution < 1.29 is 4.79 Å². The fraction of sp³-hybridized carbons (Fsp3) is 0.556. The van der Waals surface area contributed by atoms with Gasteiger partial charge in [0, 0.05) is 48.7 Å². The van der Waals surface area contributed by atoms with E-state index in [4.69, 9.17) is 0 Å². The first-order valence-corrected chi connectivity index (χ1v) is 12.7. The van der Waals surface area contributed by atoms with Gasteiger partial charge in [0.2, 0.25) is 0 Å². The Morgan fingerprint density at radius 2 is 1.88 bits per heavy atom. The van der Waals surface area contributed by atoms with Crippen molar-refractivity contribution in [3.05, 3.63) is 46.4 Å². The Morgan fingerprint density at radius 3 is 2.61 bits per heavy atom. The zero-order chi connectivity index (χ0) is 23.4. The van der Waals surface area contributed by atoms with Gasteiger partial charge >= 0.3 is 0 Å². The van der Waals surface area contributed by atoms with Gasteiger partial charge in [-0.15, -0.1) is 0 Å². The zero-order valence-electron chi connectivity index (χ0n) is 20.4. The number of nitrogens with one attached hydrogen (secondary N) is 1. The van der Waals surface area contributed by atoms with Crippen molar-refractivity contribution in [1.29, 1.82) is 0 Å². The number of nitrogens with zero attached hydrogens (tertiary/aromatic N) is 3. The number of rotatable bonds is 9. The Morgan fingerprint density at radius 1 is 1.12 bits per heavy atom. The summed E-state index contributed by atoms with van der Waals surface area (Å²) in [5.74, 6) is -0.0903. The smallest absolute Gasteiger partial charge is 0.275 e. The number of aryl methyl sites for hydroxylation is 1. The molecule has 178 valence electrons. The number of fused-ring (bicyclic) bond motifs is 3. The van der Waals surface area contributed by atoms with E-state index in [-0.39, 0.29) is 17.5 Å². The third kappa shape index (κ3) is 4.72. The second-order valence-corrected chi connectivity index (χ2v) is 9.39. The molecule has 1 aromatic carbocycles. The second-order valence-electron chi connectivity index (χ2n) is 9.39. The summed E-state index contributed by atoms with van der Waals surface area (Å²) in [5.41, 5.74) is 2.25. The molecule has 1 aliphatic rings. The molecule has 0 bridgehead atoms. The molecule has 0 spiro atoms. The normalized spacial score (nSPS) is 15.0. The van der Waals surface area contributed by atoms with Crippen molar-refractivity contribution in [2.75, 3.05) is 26.2 Å². The Hall–Kier alpha value is -2.60. The van der Waals surface area contributed by atoms with Gasteiger partial charge in [-0.3, -0.25) is 9.59 Å². The van der Waals surface area contributed by atoms with Crippen LogP contribution in [0.5, 0.6) is 0 Å². The summed E-state index contributed by atoms with van der Waals surface area (Å²) >= 11 is 0. The zero-order valence-corrected chi connectivity index (χ0v) is 20.4. The summed E-state index contributed by atoms with van der Waals surface area (Å²) in [4.78, 5) is 29.5. The lowest BCUT2D eigenvalue weighted by atomic mass is 9.95. The van der Waals surface area contributed by atoms with Crippen molar-refractivity contribution in [2.24, 2.45) is 7.05 Å². The standard InChI is InChI=1S/C27H38N4O2/c1-4-6-17-30(5-2)18-16-28-26(32)22-19-31(20-12-8-7-9-13-20)27(33)25-24(22)21-14-10-11-15-23(21)29(25)3/h10-11,14-15,19-20H,4-9,12-13,16-18H2,1-3H3,(H,28,32). The molecule has 0 aliphatic heterocycles. The molecule has 1 saturated carbocycles. The predicted molar refractivity (Wildman–Crippen MR) is 136 cm³/mol. The van der Waals surface area contributed by atoms with Crippen LogP contribution in [0.25, 0.3) is 21.8 Å². The number of hydrogen-bond donors (Lipinski definition) is 1. The number of amides is 1. The summed E-state index contributed by atoms with van der Waals surface area (Å²) in [5, 5.41) is 4.89. The van der Waals surface area contributed by atoms with Crippen LogP contribution in [-0.2, 0) is 7.05 Å². The Balaban J connectivity index is 1.72. The van der Waals surface area contributed by atoms with E-state index in [9.17, 15) is 9.59 Å². The molecule has 1 aliphatic carbocycles. The van der Waals surface area contributed by atoms with Crippen molar-refractivity contribution in [1.82, 2.24) is 19.4 Å². The average molecular weight is 451 g/mol. The van der Waals surface area contributed by atoms with Gasteiger partial charge in [0.25, 0.3) is 11.5 Å². The highest BCUT2D eigenvalue weighted by Gasteiger charge is 2.24. The van der Waals surface area contributed by atoms with Crippen LogP contribution in [0.2, 0.25) is 0 Å². The molecular weight excluding hydrogens is 412 g/mol. The van der Waals surface area contributed by atoms with Gasteiger partial charge in [-0.1, -0.05) is 57.7 Å². The first-order valence-electron chi connectivity index (χ1n) is 12.7. The number of aromatic nitrogens is 2. The molecule has 1 fully saturated rings. The summed E-state index contributed by atoms with van der Waals surface area (Å²) < 4.78 is 3.82. The molecule has 2 aromatic heterocycles. The molecule has 0 atom stereocenters. The van der Waals surface area contributed by atoms with Crippen LogP contribution in [0, 0.1) is 0 Å². The predicted octanol–water partition coefficient (Wildman–Crippen LogP) is 4.85. The van der Waals surface area contributed by atoms with Crippen LogP contribution >= 0.6 is 0 Å². The minimum Gasteiger partial charge on any atom is -0.351 e. The first kappa shape index (κ1) is 23.6. The highest BCUT2D eigenvalue weighted by atomic mass is 16.2. The molecular formula is C27H38N4O2. The number of benzene rings is 1. The van der Waals surface area contributed by atoms with Crippen LogP contribution in [0.15, 0.2) is 35.3 Å². The van der Waals surface area contributed by atoms with Crippen LogP contribution in [0.4, 0.5) is 0 Å². The summed E-state index contributed by atoms with van der Waals surface area (Å²) in [6, 6.07) is 8.17. The quantitative estimate of drug-likeness (QED) is 0.507. The molecule has 33 heavy (non-hydrogen) atoms. The second kappa shape index (κ2) is 10.6. The van der Waals surface area contributed by atoms with E-state index in [0.717, 1.165) is 61.6 Å². The van der Waals surface area contributed by atoms with Crippen LogP contribution < -0.4 is 10.9 Å². The van der Waals surface area contributed by atoms with E-state index in [2.05, 4.69) is 24.1 Å². The third-order valence-electron chi connectivity index (χ3n) is 7.28. The first-order chi connectivity index (χ1) is 16.1. The number of carbonyl (C=O) groups is 1. The van der Waals surface area contributed by atoms with E-state index in [1.807, 2.05) is 46.6 Å². The van der Waals surface area contributed by atoms with Gasteiger partial charge in [-0.2, -0.15) is 0 Å². The monoisotopic (exact) mass is 450 g/mol. The van der Waals surface area contributed by atoms with Gasteiger partial charge < -0.3 is 19.4 Å². The fourth-order valence-electron chi connectivity index (χ4n) is 5.34. The SMILES string of the molecule is CCCCN(CC)CCNC(=O)c1cn(C2CCCCC2)c(=O)c2c1c1ccccc1n2C. The third-order valence-corrected chi connectivity index (χ3v) is 7.28.